The van der Waals surface area contributed by atoms with Gasteiger partial charge in [-0.15, -0.1) is 5.10 Å². The molecule has 0 atom stereocenters. The number of nitrogens with two attached hydrogens (primary N) is 1. The van der Waals surface area contributed by atoms with Crippen LogP contribution in [0.25, 0.3) is 10.9 Å². The third kappa shape index (κ3) is 4.52. The number of rotatable bonds is 5. The number of halogens is 1. The number of amides is 1. The molecule has 0 radical (unpaired) electrons. The van der Waals surface area contributed by atoms with E-state index in [1.54, 1.807) is 24.5 Å². The molecule has 30 heavy (non-hydrogen) atoms. The Morgan fingerprint density at radius 3 is 2.80 bits per heavy atom. The number of carbonyl (C=O) groups is 1. The second-order valence-electron chi connectivity index (χ2n) is 6.97. The molecule has 0 unspecified atom stereocenters. The molecule has 0 saturated carbocycles. The Morgan fingerprint density at radius 2 is 1.97 bits per heavy atom. The minimum absolute atomic E-state index is 0.263. The smallest absolute Gasteiger partial charge is 0.272 e. The summed E-state index contributed by atoms with van der Waals surface area (Å²) in [6, 6.07) is 13.2. The molecular weight excluding hydrogens is 400 g/mol. The summed E-state index contributed by atoms with van der Waals surface area (Å²) in [7, 11) is 0. The molecule has 1 aromatic carbocycles. The summed E-state index contributed by atoms with van der Waals surface area (Å²) in [6.07, 6.45) is 3.90. The lowest BCUT2D eigenvalue weighted by atomic mass is 10.0. The molecule has 4 aromatic rings. The van der Waals surface area contributed by atoms with Crippen molar-refractivity contribution in [2.24, 2.45) is 0 Å². The van der Waals surface area contributed by atoms with E-state index in [1.807, 2.05) is 37.3 Å². The quantitative estimate of drug-likeness (QED) is 0.513. The fourth-order valence-electron chi connectivity index (χ4n) is 3.18. The second kappa shape index (κ2) is 8.42. The largest absolute Gasteiger partial charge is 0.384 e. The molecule has 0 aliphatic carbocycles. The molecule has 0 fully saturated rings. The van der Waals surface area contributed by atoms with E-state index in [0.717, 1.165) is 33.3 Å². The molecule has 0 bridgehead atoms. The third-order valence-corrected chi connectivity index (χ3v) is 4.93. The number of nitrogens with zero attached hydrogens (tertiary/aromatic N) is 4. The molecule has 150 valence electrons. The van der Waals surface area contributed by atoms with E-state index in [-0.39, 0.29) is 11.6 Å². The van der Waals surface area contributed by atoms with Crippen LogP contribution in [-0.4, -0.2) is 26.1 Å². The number of anilines is 1. The van der Waals surface area contributed by atoms with Gasteiger partial charge in [0.1, 0.15) is 5.82 Å². The first kappa shape index (κ1) is 19.7. The highest BCUT2D eigenvalue weighted by atomic mass is 35.5. The highest BCUT2D eigenvalue weighted by molar-refractivity contribution is 6.31. The van der Waals surface area contributed by atoms with Crippen LogP contribution in [0.2, 0.25) is 5.02 Å². The van der Waals surface area contributed by atoms with E-state index in [9.17, 15) is 4.79 Å². The predicted molar refractivity (Wildman–Crippen MR) is 116 cm³/mol. The Labute approximate surface area is 178 Å². The Bertz CT molecular complexity index is 1240. The SMILES string of the molecule is Cc1nc(N)ccc1CNC(=O)c1cc(Cc2ccc3ncc(Cl)cc3c2)cnn1. The minimum atomic E-state index is -0.296. The Morgan fingerprint density at radius 1 is 1.10 bits per heavy atom. The summed E-state index contributed by atoms with van der Waals surface area (Å²) in [4.78, 5) is 21.0. The van der Waals surface area contributed by atoms with E-state index in [0.29, 0.717) is 23.8 Å². The van der Waals surface area contributed by atoms with Crippen LogP contribution in [0, 0.1) is 6.92 Å². The van der Waals surface area contributed by atoms with Crippen molar-refractivity contribution in [2.45, 2.75) is 19.9 Å². The molecule has 3 N–H and O–H groups in total. The summed E-state index contributed by atoms with van der Waals surface area (Å²) in [5.41, 5.74) is 10.4. The monoisotopic (exact) mass is 418 g/mol. The number of pyridine rings is 2. The molecule has 0 spiro atoms. The van der Waals surface area contributed by atoms with E-state index >= 15 is 0 Å². The van der Waals surface area contributed by atoms with Crippen LogP contribution in [-0.2, 0) is 13.0 Å². The lowest BCUT2D eigenvalue weighted by molar-refractivity contribution is 0.0944. The highest BCUT2D eigenvalue weighted by Crippen LogP contribution is 2.20. The van der Waals surface area contributed by atoms with Gasteiger partial charge in [-0.2, -0.15) is 5.10 Å². The molecule has 0 aliphatic heterocycles. The highest BCUT2D eigenvalue weighted by Gasteiger charge is 2.11. The number of fused-ring (bicyclic) bond motifs is 1. The summed E-state index contributed by atoms with van der Waals surface area (Å²) in [6.45, 7) is 2.19. The van der Waals surface area contributed by atoms with Crippen molar-refractivity contribution in [1.82, 2.24) is 25.5 Å². The molecule has 7 nitrogen and oxygen atoms in total. The van der Waals surface area contributed by atoms with Gasteiger partial charge < -0.3 is 11.1 Å². The van der Waals surface area contributed by atoms with E-state index < -0.39 is 0 Å². The van der Waals surface area contributed by atoms with Crippen molar-refractivity contribution in [3.8, 4) is 0 Å². The summed E-state index contributed by atoms with van der Waals surface area (Å²) < 4.78 is 0. The predicted octanol–water partition coefficient (Wildman–Crippen LogP) is 3.48. The fourth-order valence-corrected chi connectivity index (χ4v) is 3.34. The molecule has 0 aliphatic rings. The van der Waals surface area contributed by atoms with E-state index in [1.165, 1.54) is 0 Å². The van der Waals surface area contributed by atoms with Crippen LogP contribution in [0.4, 0.5) is 5.82 Å². The summed E-state index contributed by atoms with van der Waals surface area (Å²) in [5.74, 6) is 0.156. The lowest BCUT2D eigenvalue weighted by Crippen LogP contribution is -2.25. The van der Waals surface area contributed by atoms with Gasteiger partial charge in [-0.1, -0.05) is 23.7 Å². The number of nitrogens with one attached hydrogen (secondary N) is 1. The number of nitrogen functional groups attached to an aromatic ring is 1. The van der Waals surface area contributed by atoms with Gasteiger partial charge in [0.25, 0.3) is 5.91 Å². The fraction of sp³-hybridized carbons (Fsp3) is 0.136. The maximum Gasteiger partial charge on any atom is 0.272 e. The van der Waals surface area contributed by atoms with E-state index in [4.69, 9.17) is 17.3 Å². The summed E-state index contributed by atoms with van der Waals surface area (Å²) >= 11 is 6.04. The van der Waals surface area contributed by atoms with Gasteiger partial charge in [0.15, 0.2) is 5.69 Å². The molecule has 4 rings (SSSR count). The van der Waals surface area contributed by atoms with Crippen LogP contribution in [0.1, 0.15) is 32.9 Å². The van der Waals surface area contributed by atoms with Gasteiger partial charge in [0, 0.05) is 23.8 Å². The van der Waals surface area contributed by atoms with Crippen molar-refractivity contribution in [3.05, 3.63) is 88.0 Å². The molecular formula is C22H19ClN6O. The number of benzene rings is 1. The van der Waals surface area contributed by atoms with Crippen LogP contribution < -0.4 is 11.1 Å². The number of aromatic nitrogens is 4. The zero-order valence-electron chi connectivity index (χ0n) is 16.3. The first-order chi connectivity index (χ1) is 14.5. The maximum atomic E-state index is 12.5. The first-order valence-corrected chi connectivity index (χ1v) is 9.72. The molecule has 3 heterocycles. The van der Waals surface area contributed by atoms with Crippen LogP contribution >= 0.6 is 11.6 Å². The number of hydrogen-bond acceptors (Lipinski definition) is 6. The van der Waals surface area contributed by atoms with Crippen molar-refractivity contribution in [1.29, 1.82) is 0 Å². The molecule has 1 amide bonds. The number of carbonyl (C=O) groups excluding carboxylic acids is 1. The molecule has 0 saturated heterocycles. The average Bonchev–Trinajstić information content (AvgIpc) is 2.73. The first-order valence-electron chi connectivity index (χ1n) is 9.34. The van der Waals surface area contributed by atoms with Gasteiger partial charge in [-0.3, -0.25) is 9.78 Å². The third-order valence-electron chi connectivity index (χ3n) is 4.72. The normalized spacial score (nSPS) is 10.9. The summed E-state index contributed by atoms with van der Waals surface area (Å²) in [5, 5.41) is 12.4. The zero-order chi connectivity index (χ0) is 21.1. The van der Waals surface area contributed by atoms with Gasteiger partial charge in [-0.05, 0) is 60.4 Å². The van der Waals surface area contributed by atoms with Gasteiger partial charge in [-0.25, -0.2) is 4.98 Å². The molecule has 8 heteroatoms. The van der Waals surface area contributed by atoms with Crippen LogP contribution in [0.3, 0.4) is 0 Å². The Hall–Kier alpha value is -3.58. The lowest BCUT2D eigenvalue weighted by Gasteiger charge is -2.08. The van der Waals surface area contributed by atoms with Crippen LogP contribution in [0.5, 0.6) is 0 Å². The van der Waals surface area contributed by atoms with Crippen molar-refractivity contribution >= 4 is 34.2 Å². The molecule has 3 aromatic heterocycles. The van der Waals surface area contributed by atoms with Crippen molar-refractivity contribution in [3.63, 3.8) is 0 Å². The van der Waals surface area contributed by atoms with Crippen molar-refractivity contribution < 1.29 is 4.79 Å². The van der Waals surface area contributed by atoms with E-state index in [2.05, 4.69) is 25.5 Å². The topological polar surface area (TPSA) is 107 Å². The van der Waals surface area contributed by atoms with Gasteiger partial charge in [0.2, 0.25) is 0 Å². The van der Waals surface area contributed by atoms with Gasteiger partial charge >= 0.3 is 0 Å². The number of aryl methyl sites for hydroxylation is 1. The van der Waals surface area contributed by atoms with Crippen LogP contribution in [0.15, 0.2) is 54.9 Å². The average molecular weight is 419 g/mol. The maximum absolute atomic E-state index is 12.5. The Balaban J connectivity index is 1.47. The zero-order valence-corrected chi connectivity index (χ0v) is 17.0. The second-order valence-corrected chi connectivity index (χ2v) is 7.41. The number of hydrogen-bond donors (Lipinski definition) is 2. The van der Waals surface area contributed by atoms with Crippen molar-refractivity contribution in [2.75, 3.05) is 5.73 Å². The standard InChI is InChI=1S/C22H19ClN6O/c1-13-16(3-5-21(24)28-13)11-26-22(30)20-8-15(10-27-29-20)6-14-2-4-19-17(7-14)9-18(23)12-25-19/h2-5,7-10,12H,6,11H2,1H3,(H2,24,28)(H,26,30). The minimum Gasteiger partial charge on any atom is -0.384 e. The van der Waals surface area contributed by atoms with Gasteiger partial charge in [0.05, 0.1) is 16.7 Å². The Kier molecular flexibility index (Phi) is 5.54.